The van der Waals surface area contributed by atoms with E-state index < -0.39 is 0 Å². The molecule has 3 heterocycles. The van der Waals surface area contributed by atoms with E-state index in [9.17, 15) is 4.39 Å². The summed E-state index contributed by atoms with van der Waals surface area (Å²) in [7, 11) is 3.76. The van der Waals surface area contributed by atoms with Gasteiger partial charge in [-0.15, -0.1) is 24.0 Å². The van der Waals surface area contributed by atoms with Gasteiger partial charge >= 0.3 is 0 Å². The Morgan fingerprint density at radius 2 is 2.28 bits per heavy atom. The second kappa shape index (κ2) is 9.02. The molecule has 0 amide bonds. The highest BCUT2D eigenvalue weighted by Crippen LogP contribution is 2.20. The van der Waals surface area contributed by atoms with Crippen molar-refractivity contribution in [3.63, 3.8) is 0 Å². The van der Waals surface area contributed by atoms with Crippen molar-refractivity contribution >= 4 is 35.8 Å². The molecule has 0 saturated carbocycles. The number of halogens is 2. The van der Waals surface area contributed by atoms with Crippen LogP contribution in [-0.2, 0) is 13.6 Å². The van der Waals surface area contributed by atoms with Crippen LogP contribution in [-0.4, -0.2) is 41.7 Å². The van der Waals surface area contributed by atoms with E-state index in [-0.39, 0.29) is 35.8 Å². The summed E-state index contributed by atoms with van der Waals surface area (Å²) < 4.78 is 15.9. The second-order valence-corrected chi connectivity index (χ2v) is 6.00. The van der Waals surface area contributed by atoms with Crippen molar-refractivity contribution in [2.45, 2.75) is 19.0 Å². The molecule has 1 unspecified atom stereocenters. The molecule has 25 heavy (non-hydrogen) atoms. The first kappa shape index (κ1) is 19.5. The number of hydrogen-bond acceptors (Lipinski definition) is 3. The van der Waals surface area contributed by atoms with Gasteiger partial charge in [-0.25, -0.2) is 9.37 Å². The molecule has 0 spiro atoms. The molecular weight excluding hydrogens is 434 g/mol. The van der Waals surface area contributed by atoms with Crippen LogP contribution in [0.15, 0.2) is 41.8 Å². The van der Waals surface area contributed by atoms with Gasteiger partial charge in [0.2, 0.25) is 0 Å². The van der Waals surface area contributed by atoms with Crippen LogP contribution in [0.25, 0.3) is 0 Å². The van der Waals surface area contributed by atoms with Crippen LogP contribution < -0.4 is 15.5 Å². The summed E-state index contributed by atoms with van der Waals surface area (Å²) in [6, 6.07) is 5.35. The maximum Gasteiger partial charge on any atom is 0.191 e. The predicted molar refractivity (Wildman–Crippen MR) is 109 cm³/mol. The average Bonchev–Trinajstić information content (AvgIpc) is 3.21. The minimum Gasteiger partial charge on any atom is -0.357 e. The third-order valence-corrected chi connectivity index (χ3v) is 4.14. The number of nitrogens with zero attached hydrogens (tertiary/aromatic N) is 4. The molecule has 2 aromatic heterocycles. The lowest BCUT2D eigenvalue weighted by Crippen LogP contribution is -2.44. The van der Waals surface area contributed by atoms with Crippen LogP contribution in [0.4, 0.5) is 10.2 Å². The van der Waals surface area contributed by atoms with E-state index in [4.69, 9.17) is 0 Å². The van der Waals surface area contributed by atoms with Crippen molar-refractivity contribution in [1.82, 2.24) is 20.2 Å². The van der Waals surface area contributed by atoms with E-state index in [0.29, 0.717) is 18.9 Å². The van der Waals surface area contributed by atoms with Gasteiger partial charge in [-0.3, -0.25) is 4.99 Å². The highest BCUT2D eigenvalue weighted by molar-refractivity contribution is 14.0. The largest absolute Gasteiger partial charge is 0.357 e. The third-order valence-electron chi connectivity index (χ3n) is 4.14. The molecule has 2 aromatic rings. The van der Waals surface area contributed by atoms with Gasteiger partial charge in [0.25, 0.3) is 0 Å². The van der Waals surface area contributed by atoms with Gasteiger partial charge in [0.1, 0.15) is 0 Å². The van der Waals surface area contributed by atoms with Gasteiger partial charge in [0.05, 0.1) is 0 Å². The molecule has 1 atom stereocenters. The number of aryl methyl sites for hydroxylation is 1. The summed E-state index contributed by atoms with van der Waals surface area (Å²) in [5.41, 5.74) is 1.20. The Labute approximate surface area is 164 Å². The van der Waals surface area contributed by atoms with Crippen LogP contribution >= 0.6 is 24.0 Å². The van der Waals surface area contributed by atoms with Crippen molar-refractivity contribution in [3.05, 3.63) is 48.2 Å². The maximum atomic E-state index is 13.8. The minimum absolute atomic E-state index is 0. The average molecular weight is 458 g/mol. The second-order valence-electron chi connectivity index (χ2n) is 6.00. The zero-order chi connectivity index (χ0) is 16.9. The normalized spacial score (nSPS) is 17.3. The molecule has 8 heteroatoms. The van der Waals surface area contributed by atoms with E-state index in [1.165, 1.54) is 11.6 Å². The van der Waals surface area contributed by atoms with Crippen LogP contribution in [0.2, 0.25) is 0 Å². The zero-order valence-electron chi connectivity index (χ0n) is 14.4. The van der Waals surface area contributed by atoms with E-state index in [2.05, 4.69) is 32.9 Å². The fraction of sp³-hybridized carbons (Fsp3) is 0.412. The van der Waals surface area contributed by atoms with Crippen molar-refractivity contribution < 1.29 is 4.39 Å². The first-order valence-electron chi connectivity index (χ1n) is 8.09. The quantitative estimate of drug-likeness (QED) is 0.419. The zero-order valence-corrected chi connectivity index (χ0v) is 16.8. The van der Waals surface area contributed by atoms with Gasteiger partial charge in [0, 0.05) is 58.4 Å². The topological polar surface area (TPSA) is 57.5 Å². The number of guanidine groups is 1. The van der Waals surface area contributed by atoms with E-state index in [0.717, 1.165) is 18.9 Å². The molecular formula is C17H24FIN6. The summed E-state index contributed by atoms with van der Waals surface area (Å²) in [6.07, 6.45) is 6.63. The summed E-state index contributed by atoms with van der Waals surface area (Å²) in [4.78, 5) is 10.4. The van der Waals surface area contributed by atoms with Crippen LogP contribution in [0.3, 0.4) is 0 Å². The Bertz CT molecular complexity index is 717. The monoisotopic (exact) mass is 458 g/mol. The SMILES string of the molecule is CN=C(NCc1ccn(C)c1)NC1CCN(c2ncccc2F)C1.I. The lowest BCUT2D eigenvalue weighted by Gasteiger charge is -2.19. The summed E-state index contributed by atoms with van der Waals surface area (Å²) in [5, 5.41) is 6.71. The van der Waals surface area contributed by atoms with Crippen molar-refractivity contribution in [3.8, 4) is 0 Å². The number of rotatable bonds is 4. The lowest BCUT2D eigenvalue weighted by atomic mass is 10.3. The molecule has 0 aromatic carbocycles. The van der Waals surface area contributed by atoms with Crippen molar-refractivity contribution in [2.24, 2.45) is 12.0 Å². The number of nitrogens with one attached hydrogen (secondary N) is 2. The first-order chi connectivity index (χ1) is 11.7. The minimum atomic E-state index is -0.273. The van der Waals surface area contributed by atoms with E-state index in [1.807, 2.05) is 22.7 Å². The Hall–Kier alpha value is -1.84. The first-order valence-corrected chi connectivity index (χ1v) is 8.09. The van der Waals surface area contributed by atoms with Gasteiger partial charge in [-0.2, -0.15) is 0 Å². The predicted octanol–water partition coefficient (Wildman–Crippen LogP) is 2.12. The third kappa shape index (κ3) is 5.07. The molecule has 1 aliphatic rings. The summed E-state index contributed by atoms with van der Waals surface area (Å²) in [5.74, 6) is 0.908. The van der Waals surface area contributed by atoms with Crippen LogP contribution in [0.1, 0.15) is 12.0 Å². The van der Waals surface area contributed by atoms with Crippen molar-refractivity contribution in [2.75, 3.05) is 25.0 Å². The van der Waals surface area contributed by atoms with Gasteiger partial charge in [-0.1, -0.05) is 0 Å². The Balaban J connectivity index is 0.00000225. The number of aromatic nitrogens is 2. The van der Waals surface area contributed by atoms with E-state index in [1.54, 1.807) is 19.3 Å². The molecule has 0 aliphatic carbocycles. The van der Waals surface area contributed by atoms with Gasteiger partial charge < -0.3 is 20.1 Å². The van der Waals surface area contributed by atoms with Crippen molar-refractivity contribution in [1.29, 1.82) is 0 Å². The molecule has 2 N–H and O–H groups in total. The Kier molecular flexibility index (Phi) is 7.03. The summed E-state index contributed by atoms with van der Waals surface area (Å²) >= 11 is 0. The fourth-order valence-corrected chi connectivity index (χ4v) is 2.92. The number of anilines is 1. The molecule has 3 rings (SSSR count). The molecule has 1 saturated heterocycles. The Morgan fingerprint density at radius 3 is 2.96 bits per heavy atom. The molecule has 6 nitrogen and oxygen atoms in total. The molecule has 136 valence electrons. The molecule has 0 radical (unpaired) electrons. The lowest BCUT2D eigenvalue weighted by molar-refractivity contribution is 0.612. The Morgan fingerprint density at radius 1 is 1.44 bits per heavy atom. The number of pyridine rings is 1. The highest BCUT2D eigenvalue weighted by Gasteiger charge is 2.25. The van der Waals surface area contributed by atoms with Crippen LogP contribution in [0, 0.1) is 5.82 Å². The van der Waals surface area contributed by atoms with E-state index >= 15 is 0 Å². The molecule has 1 aliphatic heterocycles. The molecule has 1 fully saturated rings. The highest BCUT2D eigenvalue weighted by atomic mass is 127. The summed E-state index contributed by atoms with van der Waals surface area (Å²) in [6.45, 7) is 2.20. The number of hydrogen-bond donors (Lipinski definition) is 2. The standard InChI is InChI=1S/C17H23FN6.HI/c1-19-17(21-10-13-5-8-23(2)11-13)22-14-6-9-24(12-14)16-15(18)4-3-7-20-16;/h3-5,7-8,11,14H,6,9-10,12H2,1-2H3,(H2,19,21,22);1H. The fourth-order valence-electron chi connectivity index (χ4n) is 2.92. The number of aliphatic imine (C=N–C) groups is 1. The smallest absolute Gasteiger partial charge is 0.191 e. The molecule has 0 bridgehead atoms. The maximum absolute atomic E-state index is 13.8. The van der Waals surface area contributed by atoms with Crippen LogP contribution in [0.5, 0.6) is 0 Å². The van der Waals surface area contributed by atoms with Gasteiger partial charge in [0.15, 0.2) is 17.6 Å². The van der Waals surface area contributed by atoms with Gasteiger partial charge in [-0.05, 0) is 30.2 Å².